The molecular weight excluding hydrogens is 340 g/mol. The van der Waals surface area contributed by atoms with Crippen LogP contribution in [-0.2, 0) is 4.79 Å². The van der Waals surface area contributed by atoms with Gasteiger partial charge in [-0.15, -0.1) is 0 Å². The van der Waals surface area contributed by atoms with Gasteiger partial charge < -0.3 is 10.6 Å². The molecule has 2 aromatic carbocycles. The molecule has 0 aliphatic heterocycles. The zero-order valence-electron chi connectivity index (χ0n) is 13.2. The molecule has 0 aliphatic carbocycles. The standard InChI is InChI=1S/C18H21BrN2O/c1-12-5-4-6-17(14(12)3)21-18(22)9-10-20-16-8-7-15(19)11-13(16)2/h4-8,11,20H,9-10H2,1-3H3,(H,21,22). The van der Waals surface area contributed by atoms with Crippen molar-refractivity contribution >= 4 is 33.2 Å². The highest BCUT2D eigenvalue weighted by molar-refractivity contribution is 9.10. The van der Waals surface area contributed by atoms with Crippen molar-refractivity contribution < 1.29 is 4.79 Å². The molecule has 4 heteroatoms. The summed E-state index contributed by atoms with van der Waals surface area (Å²) in [5.74, 6) is 0.0240. The monoisotopic (exact) mass is 360 g/mol. The van der Waals surface area contributed by atoms with Gasteiger partial charge in [0.2, 0.25) is 5.91 Å². The molecule has 0 radical (unpaired) electrons. The van der Waals surface area contributed by atoms with Crippen LogP contribution < -0.4 is 10.6 Å². The van der Waals surface area contributed by atoms with Crippen LogP contribution in [0, 0.1) is 20.8 Å². The fourth-order valence-electron chi connectivity index (χ4n) is 2.24. The lowest BCUT2D eigenvalue weighted by molar-refractivity contribution is -0.115. The topological polar surface area (TPSA) is 41.1 Å². The molecular formula is C18H21BrN2O. The number of hydrogen-bond donors (Lipinski definition) is 2. The van der Waals surface area contributed by atoms with Gasteiger partial charge in [-0.2, -0.15) is 0 Å². The summed E-state index contributed by atoms with van der Waals surface area (Å²) in [6, 6.07) is 12.0. The Kier molecular flexibility index (Phi) is 5.61. The largest absolute Gasteiger partial charge is 0.384 e. The third-order valence-corrected chi connectivity index (χ3v) is 4.23. The second-order valence-electron chi connectivity index (χ2n) is 5.43. The van der Waals surface area contributed by atoms with E-state index in [1.54, 1.807) is 0 Å². The maximum Gasteiger partial charge on any atom is 0.226 e. The minimum Gasteiger partial charge on any atom is -0.384 e. The first-order valence-electron chi connectivity index (χ1n) is 7.33. The summed E-state index contributed by atoms with van der Waals surface area (Å²) >= 11 is 3.45. The molecule has 116 valence electrons. The van der Waals surface area contributed by atoms with Crippen LogP contribution in [0.15, 0.2) is 40.9 Å². The van der Waals surface area contributed by atoms with Gasteiger partial charge in [-0.1, -0.05) is 28.1 Å². The minimum absolute atomic E-state index is 0.0240. The molecule has 0 saturated heterocycles. The Hall–Kier alpha value is -1.81. The van der Waals surface area contributed by atoms with E-state index in [0.29, 0.717) is 13.0 Å². The number of carbonyl (C=O) groups excluding carboxylic acids is 1. The lowest BCUT2D eigenvalue weighted by Gasteiger charge is -2.12. The maximum absolute atomic E-state index is 12.0. The van der Waals surface area contributed by atoms with E-state index in [0.717, 1.165) is 27.0 Å². The van der Waals surface area contributed by atoms with Crippen LogP contribution in [0.1, 0.15) is 23.1 Å². The Morgan fingerprint density at radius 2 is 1.82 bits per heavy atom. The van der Waals surface area contributed by atoms with Crippen molar-refractivity contribution in [1.29, 1.82) is 0 Å². The minimum atomic E-state index is 0.0240. The smallest absolute Gasteiger partial charge is 0.226 e. The quantitative estimate of drug-likeness (QED) is 0.802. The van der Waals surface area contributed by atoms with Crippen molar-refractivity contribution in [2.45, 2.75) is 27.2 Å². The molecule has 0 bridgehead atoms. The summed E-state index contributed by atoms with van der Waals surface area (Å²) < 4.78 is 1.06. The Morgan fingerprint density at radius 1 is 1.05 bits per heavy atom. The third kappa shape index (κ3) is 4.34. The summed E-state index contributed by atoms with van der Waals surface area (Å²) in [5, 5.41) is 6.28. The van der Waals surface area contributed by atoms with Crippen molar-refractivity contribution in [2.75, 3.05) is 17.2 Å². The molecule has 0 spiro atoms. The van der Waals surface area contributed by atoms with E-state index in [9.17, 15) is 4.79 Å². The van der Waals surface area contributed by atoms with Gasteiger partial charge in [0.25, 0.3) is 0 Å². The maximum atomic E-state index is 12.0. The van der Waals surface area contributed by atoms with Crippen LogP contribution in [-0.4, -0.2) is 12.5 Å². The van der Waals surface area contributed by atoms with E-state index in [1.165, 1.54) is 5.56 Å². The van der Waals surface area contributed by atoms with Crippen LogP contribution in [0.5, 0.6) is 0 Å². The lowest BCUT2D eigenvalue weighted by atomic mass is 10.1. The molecule has 0 atom stereocenters. The van der Waals surface area contributed by atoms with Crippen LogP contribution >= 0.6 is 15.9 Å². The Bertz CT molecular complexity index is 683. The summed E-state index contributed by atoms with van der Waals surface area (Å²) in [7, 11) is 0. The number of halogens is 1. The molecule has 2 aromatic rings. The van der Waals surface area contributed by atoms with Crippen LogP contribution in [0.25, 0.3) is 0 Å². The average Bonchev–Trinajstić information content (AvgIpc) is 2.46. The number of nitrogens with one attached hydrogen (secondary N) is 2. The van der Waals surface area contributed by atoms with Gasteiger partial charge in [-0.3, -0.25) is 4.79 Å². The van der Waals surface area contributed by atoms with E-state index in [4.69, 9.17) is 0 Å². The summed E-state index contributed by atoms with van der Waals surface area (Å²) in [5.41, 5.74) is 5.41. The van der Waals surface area contributed by atoms with Gasteiger partial charge in [0.05, 0.1) is 0 Å². The summed E-state index contributed by atoms with van der Waals surface area (Å²) in [6.45, 7) is 6.72. The van der Waals surface area contributed by atoms with Crippen molar-refractivity contribution in [3.63, 3.8) is 0 Å². The van der Waals surface area contributed by atoms with Crippen LogP contribution in [0.4, 0.5) is 11.4 Å². The summed E-state index contributed by atoms with van der Waals surface area (Å²) in [6.07, 6.45) is 0.433. The molecule has 3 nitrogen and oxygen atoms in total. The molecule has 0 saturated carbocycles. The number of carbonyl (C=O) groups is 1. The molecule has 1 amide bonds. The van der Waals surface area contributed by atoms with Crippen molar-refractivity contribution in [3.05, 3.63) is 57.6 Å². The molecule has 0 aliphatic rings. The molecule has 0 heterocycles. The zero-order chi connectivity index (χ0) is 16.1. The average molecular weight is 361 g/mol. The second-order valence-corrected chi connectivity index (χ2v) is 6.35. The Labute approximate surface area is 140 Å². The third-order valence-electron chi connectivity index (χ3n) is 3.73. The first-order chi connectivity index (χ1) is 10.5. The lowest BCUT2D eigenvalue weighted by Crippen LogP contribution is -2.17. The number of benzene rings is 2. The zero-order valence-corrected chi connectivity index (χ0v) is 14.8. The predicted octanol–water partition coefficient (Wildman–Crippen LogP) is 4.82. The first kappa shape index (κ1) is 16.6. The second kappa shape index (κ2) is 7.45. The number of rotatable bonds is 5. The molecule has 0 fully saturated rings. The van der Waals surface area contributed by atoms with E-state index in [2.05, 4.69) is 32.6 Å². The molecule has 0 unspecified atom stereocenters. The van der Waals surface area contributed by atoms with E-state index in [1.807, 2.05) is 51.1 Å². The Morgan fingerprint density at radius 3 is 2.55 bits per heavy atom. The predicted molar refractivity (Wildman–Crippen MR) is 96.5 cm³/mol. The SMILES string of the molecule is Cc1cc(Br)ccc1NCCC(=O)Nc1cccc(C)c1C. The first-order valence-corrected chi connectivity index (χ1v) is 8.13. The number of amides is 1. The van der Waals surface area contributed by atoms with Gasteiger partial charge in [-0.25, -0.2) is 0 Å². The highest BCUT2D eigenvalue weighted by Gasteiger charge is 2.06. The van der Waals surface area contributed by atoms with E-state index < -0.39 is 0 Å². The molecule has 22 heavy (non-hydrogen) atoms. The van der Waals surface area contributed by atoms with Gasteiger partial charge in [0.1, 0.15) is 0 Å². The number of anilines is 2. The number of hydrogen-bond acceptors (Lipinski definition) is 2. The number of aryl methyl sites for hydroxylation is 2. The fourth-order valence-corrected chi connectivity index (χ4v) is 2.71. The normalized spacial score (nSPS) is 10.4. The highest BCUT2D eigenvalue weighted by atomic mass is 79.9. The summed E-state index contributed by atoms with van der Waals surface area (Å²) in [4.78, 5) is 12.0. The van der Waals surface area contributed by atoms with Crippen LogP contribution in [0.3, 0.4) is 0 Å². The molecule has 0 aromatic heterocycles. The molecule has 2 N–H and O–H groups in total. The highest BCUT2D eigenvalue weighted by Crippen LogP contribution is 2.20. The van der Waals surface area contributed by atoms with Crippen LogP contribution in [0.2, 0.25) is 0 Å². The van der Waals surface area contributed by atoms with Crippen molar-refractivity contribution in [3.8, 4) is 0 Å². The van der Waals surface area contributed by atoms with Crippen molar-refractivity contribution in [1.82, 2.24) is 0 Å². The van der Waals surface area contributed by atoms with E-state index in [-0.39, 0.29) is 5.91 Å². The Balaban J connectivity index is 1.87. The van der Waals surface area contributed by atoms with E-state index >= 15 is 0 Å². The van der Waals surface area contributed by atoms with Gasteiger partial charge in [0, 0.05) is 28.8 Å². The van der Waals surface area contributed by atoms with Gasteiger partial charge in [-0.05, 0) is 61.7 Å². The fraction of sp³-hybridized carbons (Fsp3) is 0.278. The van der Waals surface area contributed by atoms with Gasteiger partial charge in [0.15, 0.2) is 0 Å². The van der Waals surface area contributed by atoms with Gasteiger partial charge >= 0.3 is 0 Å². The molecule has 2 rings (SSSR count). The van der Waals surface area contributed by atoms with Crippen molar-refractivity contribution in [2.24, 2.45) is 0 Å².